The van der Waals surface area contributed by atoms with Crippen molar-refractivity contribution in [3.63, 3.8) is 0 Å². The molecule has 70 valence electrons. The van der Waals surface area contributed by atoms with Gasteiger partial charge in [-0.05, 0) is 31.9 Å². The average Bonchev–Trinajstić information content (AvgIpc) is 1.98. The van der Waals surface area contributed by atoms with Crippen molar-refractivity contribution >= 4 is 5.78 Å². The lowest BCUT2D eigenvalue weighted by molar-refractivity contribution is -0.112. The van der Waals surface area contributed by atoms with Crippen LogP contribution in [0.5, 0.6) is 0 Å². The smallest absolute Gasteiger partial charge is 0.152 e. The fraction of sp³-hybridized carbons (Fsp3) is 0.700. The van der Waals surface area contributed by atoms with E-state index in [1.54, 1.807) is 20.1 Å². The van der Waals surface area contributed by atoms with Crippen molar-refractivity contribution in [1.82, 2.24) is 0 Å². The van der Waals surface area contributed by atoms with Gasteiger partial charge in [-0.25, -0.2) is 0 Å². The first-order valence-electron chi connectivity index (χ1n) is 4.33. The molecule has 0 heterocycles. The summed E-state index contributed by atoms with van der Waals surface area (Å²) < 4.78 is 5.23. The van der Waals surface area contributed by atoms with Gasteiger partial charge in [-0.2, -0.15) is 0 Å². The summed E-state index contributed by atoms with van der Waals surface area (Å²) in [6.45, 7) is 5.60. The summed E-state index contributed by atoms with van der Waals surface area (Å²) in [4.78, 5) is 10.7. The molecule has 0 saturated heterocycles. The highest BCUT2D eigenvalue weighted by Crippen LogP contribution is 2.11. The molecular weight excluding hydrogens is 152 g/mol. The maximum absolute atomic E-state index is 10.7. The molecule has 1 atom stereocenters. The van der Waals surface area contributed by atoms with Crippen LogP contribution in [0.25, 0.3) is 0 Å². The molecule has 0 spiro atoms. The summed E-state index contributed by atoms with van der Waals surface area (Å²) in [5.74, 6) is 0.0886. The highest BCUT2D eigenvalue weighted by Gasteiger charge is 2.07. The van der Waals surface area contributed by atoms with E-state index in [0.29, 0.717) is 0 Å². The second-order valence-electron chi connectivity index (χ2n) is 3.01. The Labute approximate surface area is 74.6 Å². The summed E-state index contributed by atoms with van der Waals surface area (Å²) in [7, 11) is 1.68. The molecule has 0 aliphatic rings. The van der Waals surface area contributed by atoms with E-state index in [-0.39, 0.29) is 11.9 Å². The third-order valence-electron chi connectivity index (χ3n) is 1.77. The Hall–Kier alpha value is -0.630. The van der Waals surface area contributed by atoms with Gasteiger partial charge in [0.2, 0.25) is 0 Å². The quantitative estimate of drug-likeness (QED) is 0.592. The van der Waals surface area contributed by atoms with Gasteiger partial charge in [-0.1, -0.05) is 13.3 Å². The molecule has 12 heavy (non-hydrogen) atoms. The van der Waals surface area contributed by atoms with Crippen molar-refractivity contribution in [2.24, 2.45) is 0 Å². The van der Waals surface area contributed by atoms with Gasteiger partial charge in [0.15, 0.2) is 5.78 Å². The summed E-state index contributed by atoms with van der Waals surface area (Å²) in [6.07, 6.45) is 3.80. The number of hydrogen-bond acceptors (Lipinski definition) is 2. The van der Waals surface area contributed by atoms with Crippen LogP contribution in [0.4, 0.5) is 0 Å². The minimum absolute atomic E-state index is 0.0886. The molecule has 0 rings (SSSR count). The molecule has 0 radical (unpaired) electrons. The zero-order chi connectivity index (χ0) is 9.56. The molecule has 0 bridgehead atoms. The highest BCUT2D eigenvalue weighted by molar-refractivity contribution is 5.87. The van der Waals surface area contributed by atoms with Crippen LogP contribution >= 0.6 is 0 Å². The van der Waals surface area contributed by atoms with Crippen LogP contribution in [0, 0.1) is 0 Å². The number of rotatable bonds is 5. The summed E-state index contributed by atoms with van der Waals surface area (Å²) in [5, 5.41) is 0. The number of allylic oxidation sites excluding steroid dienone is 1. The third-order valence-corrected chi connectivity index (χ3v) is 1.77. The zero-order valence-electron chi connectivity index (χ0n) is 8.39. The van der Waals surface area contributed by atoms with Gasteiger partial charge in [0.1, 0.15) is 0 Å². The number of ether oxygens (including phenoxy) is 1. The molecule has 0 aliphatic carbocycles. The van der Waals surface area contributed by atoms with Crippen LogP contribution < -0.4 is 0 Å². The van der Waals surface area contributed by atoms with Crippen LogP contribution in [-0.4, -0.2) is 19.0 Å². The molecule has 0 fully saturated rings. The second-order valence-corrected chi connectivity index (χ2v) is 3.01. The maximum atomic E-state index is 10.7. The topological polar surface area (TPSA) is 26.3 Å². The minimum atomic E-state index is 0.0886. The Bertz CT molecular complexity index is 171. The molecule has 0 saturated carbocycles. The first-order valence-corrected chi connectivity index (χ1v) is 4.33. The van der Waals surface area contributed by atoms with Crippen molar-refractivity contribution in [1.29, 1.82) is 0 Å². The predicted molar refractivity (Wildman–Crippen MR) is 50.1 cm³/mol. The fourth-order valence-electron chi connectivity index (χ4n) is 1.21. The van der Waals surface area contributed by atoms with E-state index >= 15 is 0 Å². The van der Waals surface area contributed by atoms with Gasteiger partial charge in [0.05, 0.1) is 6.10 Å². The maximum Gasteiger partial charge on any atom is 0.152 e. The molecule has 1 unspecified atom stereocenters. The van der Waals surface area contributed by atoms with E-state index in [2.05, 4.69) is 6.92 Å². The second kappa shape index (κ2) is 5.95. The lowest BCUT2D eigenvalue weighted by atomic mass is 10.1. The van der Waals surface area contributed by atoms with E-state index in [0.717, 1.165) is 18.4 Å². The summed E-state index contributed by atoms with van der Waals surface area (Å²) >= 11 is 0. The standard InChI is InChI=1S/C10H18O2/c1-5-6-10(12-4)8(2)7-9(3)11/h7,10H,5-6H2,1-4H3. The first-order chi connectivity index (χ1) is 5.61. The molecule has 0 aliphatic heterocycles. The predicted octanol–water partition coefficient (Wildman–Crippen LogP) is 2.34. The van der Waals surface area contributed by atoms with E-state index in [1.165, 1.54) is 0 Å². The van der Waals surface area contributed by atoms with Crippen LogP contribution in [-0.2, 0) is 9.53 Å². The lowest BCUT2D eigenvalue weighted by Crippen LogP contribution is -2.12. The van der Waals surface area contributed by atoms with Crippen molar-refractivity contribution in [3.05, 3.63) is 11.6 Å². The Morgan fingerprint density at radius 3 is 2.42 bits per heavy atom. The van der Waals surface area contributed by atoms with Gasteiger partial charge in [-0.15, -0.1) is 0 Å². The monoisotopic (exact) mass is 170 g/mol. The van der Waals surface area contributed by atoms with E-state index in [4.69, 9.17) is 4.74 Å². The molecule has 0 aromatic heterocycles. The molecule has 2 heteroatoms. The number of methoxy groups -OCH3 is 1. The van der Waals surface area contributed by atoms with Crippen LogP contribution in [0.1, 0.15) is 33.6 Å². The normalized spacial score (nSPS) is 14.5. The number of carbonyl (C=O) groups is 1. The number of hydrogen-bond donors (Lipinski definition) is 0. The molecular formula is C10H18O2. The van der Waals surface area contributed by atoms with Crippen molar-refractivity contribution in [3.8, 4) is 0 Å². The van der Waals surface area contributed by atoms with Gasteiger partial charge in [0.25, 0.3) is 0 Å². The Morgan fingerprint density at radius 2 is 2.08 bits per heavy atom. The van der Waals surface area contributed by atoms with Crippen molar-refractivity contribution < 1.29 is 9.53 Å². The molecule has 2 nitrogen and oxygen atoms in total. The van der Waals surface area contributed by atoms with Gasteiger partial charge in [0, 0.05) is 7.11 Å². The first kappa shape index (κ1) is 11.4. The minimum Gasteiger partial charge on any atom is -0.377 e. The molecule has 0 aromatic rings. The third kappa shape index (κ3) is 4.29. The summed E-state index contributed by atoms with van der Waals surface area (Å²) in [6, 6.07) is 0. The SMILES string of the molecule is CCCC(OC)C(C)=CC(C)=O. The Kier molecular flexibility index (Phi) is 5.64. The van der Waals surface area contributed by atoms with Crippen LogP contribution in [0.2, 0.25) is 0 Å². The largest absolute Gasteiger partial charge is 0.377 e. The van der Waals surface area contributed by atoms with E-state index in [1.807, 2.05) is 6.92 Å². The average molecular weight is 170 g/mol. The van der Waals surface area contributed by atoms with Gasteiger partial charge >= 0.3 is 0 Å². The molecule has 0 amide bonds. The zero-order valence-corrected chi connectivity index (χ0v) is 8.39. The molecule has 0 aromatic carbocycles. The highest BCUT2D eigenvalue weighted by atomic mass is 16.5. The number of ketones is 1. The van der Waals surface area contributed by atoms with Gasteiger partial charge in [-0.3, -0.25) is 4.79 Å². The molecule has 0 N–H and O–H groups in total. The van der Waals surface area contributed by atoms with Crippen LogP contribution in [0.3, 0.4) is 0 Å². The summed E-state index contributed by atoms with van der Waals surface area (Å²) in [5.41, 5.74) is 1.02. The Balaban J connectivity index is 4.19. The van der Waals surface area contributed by atoms with Crippen molar-refractivity contribution in [2.45, 2.75) is 39.7 Å². The van der Waals surface area contributed by atoms with Gasteiger partial charge < -0.3 is 4.74 Å². The Morgan fingerprint density at radius 1 is 1.50 bits per heavy atom. The van der Waals surface area contributed by atoms with E-state index in [9.17, 15) is 4.79 Å². The number of carbonyl (C=O) groups excluding carboxylic acids is 1. The fourth-order valence-corrected chi connectivity index (χ4v) is 1.21. The van der Waals surface area contributed by atoms with Crippen molar-refractivity contribution in [2.75, 3.05) is 7.11 Å². The lowest BCUT2D eigenvalue weighted by Gasteiger charge is -2.14. The van der Waals surface area contributed by atoms with E-state index < -0.39 is 0 Å². The van der Waals surface area contributed by atoms with Crippen LogP contribution in [0.15, 0.2) is 11.6 Å².